The molecule has 0 unspecified atom stereocenters. The Morgan fingerprint density at radius 1 is 1.13 bits per heavy atom. The van der Waals surface area contributed by atoms with Gasteiger partial charge in [0.05, 0.1) is 18.5 Å². The van der Waals surface area contributed by atoms with Gasteiger partial charge in [0.15, 0.2) is 0 Å². The summed E-state index contributed by atoms with van der Waals surface area (Å²) in [5.41, 5.74) is 2.63. The van der Waals surface area contributed by atoms with E-state index in [1.807, 2.05) is 49.4 Å². The Morgan fingerprint density at radius 3 is 2.70 bits per heavy atom. The quantitative estimate of drug-likeness (QED) is 0.782. The van der Waals surface area contributed by atoms with Gasteiger partial charge in [0, 0.05) is 11.9 Å². The first kappa shape index (κ1) is 14.9. The maximum atomic E-state index is 11.9. The largest absolute Gasteiger partial charge is 0.419 e. The molecule has 3 aromatic rings. The first-order valence-electron chi connectivity index (χ1n) is 7.27. The first-order chi connectivity index (χ1) is 11.2. The zero-order valence-corrected chi connectivity index (χ0v) is 12.7. The van der Waals surface area contributed by atoms with Gasteiger partial charge in [-0.1, -0.05) is 30.3 Å². The minimum atomic E-state index is -0.0899. The smallest absolute Gasteiger partial charge is 0.249 e. The first-order valence-corrected chi connectivity index (χ1v) is 7.27. The number of amides is 1. The fourth-order valence-electron chi connectivity index (χ4n) is 2.05. The predicted octanol–water partition coefficient (Wildman–Crippen LogP) is 2.30. The van der Waals surface area contributed by atoms with E-state index in [2.05, 4.69) is 20.5 Å². The average Bonchev–Trinajstić information content (AvgIpc) is 3.04. The van der Waals surface area contributed by atoms with Crippen LogP contribution in [0.2, 0.25) is 0 Å². The Hall–Kier alpha value is -3.02. The van der Waals surface area contributed by atoms with E-state index in [1.165, 1.54) is 0 Å². The maximum Gasteiger partial charge on any atom is 0.249 e. The van der Waals surface area contributed by atoms with E-state index in [0.717, 1.165) is 16.8 Å². The van der Waals surface area contributed by atoms with Crippen LogP contribution >= 0.6 is 0 Å². The molecule has 0 spiro atoms. The molecular formula is C17H16N4O2. The number of carbonyl (C=O) groups is 1. The summed E-state index contributed by atoms with van der Waals surface area (Å²) in [5.74, 6) is 0.666. The lowest BCUT2D eigenvalue weighted by molar-refractivity contribution is -0.120. The summed E-state index contributed by atoms with van der Waals surface area (Å²) < 4.78 is 5.53. The van der Waals surface area contributed by atoms with Gasteiger partial charge in [-0.15, -0.1) is 10.2 Å². The highest BCUT2D eigenvalue weighted by Crippen LogP contribution is 2.16. The fraction of sp³-hybridized carbons (Fsp3) is 0.176. The summed E-state index contributed by atoms with van der Waals surface area (Å²) in [7, 11) is 0. The Balaban J connectivity index is 1.57. The van der Waals surface area contributed by atoms with Crippen molar-refractivity contribution in [1.82, 2.24) is 20.5 Å². The van der Waals surface area contributed by atoms with Crippen LogP contribution in [0.3, 0.4) is 0 Å². The number of rotatable bonds is 5. The van der Waals surface area contributed by atoms with E-state index in [1.54, 1.807) is 6.20 Å². The molecule has 0 aliphatic heterocycles. The highest BCUT2D eigenvalue weighted by molar-refractivity contribution is 5.78. The van der Waals surface area contributed by atoms with Crippen molar-refractivity contribution in [1.29, 1.82) is 0 Å². The second-order valence-electron chi connectivity index (χ2n) is 5.13. The molecule has 0 fully saturated rings. The highest BCUT2D eigenvalue weighted by Gasteiger charge is 2.10. The summed E-state index contributed by atoms with van der Waals surface area (Å²) in [5, 5.41) is 10.7. The monoisotopic (exact) mass is 308 g/mol. The van der Waals surface area contributed by atoms with Crippen LogP contribution in [0.15, 0.2) is 53.1 Å². The molecule has 2 aromatic heterocycles. The summed E-state index contributed by atoms with van der Waals surface area (Å²) in [6, 6.07) is 13.3. The number of aromatic nitrogens is 3. The number of aryl methyl sites for hydroxylation is 1. The molecule has 1 aromatic carbocycles. The van der Waals surface area contributed by atoms with Crippen molar-refractivity contribution in [2.75, 3.05) is 0 Å². The third kappa shape index (κ3) is 4.00. The van der Waals surface area contributed by atoms with Crippen molar-refractivity contribution in [2.24, 2.45) is 0 Å². The van der Waals surface area contributed by atoms with Gasteiger partial charge < -0.3 is 9.73 Å². The SMILES string of the molecule is Cc1ccc(-c2nnc(CNC(=O)Cc3ccccc3)o2)cn1. The van der Waals surface area contributed by atoms with E-state index in [0.29, 0.717) is 18.2 Å². The molecule has 0 radical (unpaired) electrons. The predicted molar refractivity (Wildman–Crippen MR) is 84.3 cm³/mol. The van der Waals surface area contributed by atoms with E-state index in [4.69, 9.17) is 4.42 Å². The zero-order chi connectivity index (χ0) is 16.1. The molecule has 0 aliphatic rings. The van der Waals surface area contributed by atoms with Gasteiger partial charge in [-0.3, -0.25) is 9.78 Å². The minimum Gasteiger partial charge on any atom is -0.419 e. The number of carbonyl (C=O) groups excluding carboxylic acids is 1. The Morgan fingerprint density at radius 2 is 1.96 bits per heavy atom. The standard InChI is InChI=1S/C17H16N4O2/c1-12-7-8-14(10-18-12)17-21-20-16(23-17)11-19-15(22)9-13-5-3-2-4-6-13/h2-8,10H,9,11H2,1H3,(H,19,22). The normalized spacial score (nSPS) is 10.5. The minimum absolute atomic E-state index is 0.0899. The van der Waals surface area contributed by atoms with Gasteiger partial charge in [0.1, 0.15) is 0 Å². The van der Waals surface area contributed by atoms with Gasteiger partial charge in [-0.25, -0.2) is 0 Å². The second-order valence-corrected chi connectivity index (χ2v) is 5.13. The summed E-state index contributed by atoms with van der Waals surface area (Å²) in [6.07, 6.45) is 2.00. The van der Waals surface area contributed by atoms with Gasteiger partial charge in [0.25, 0.3) is 0 Å². The van der Waals surface area contributed by atoms with E-state index in [9.17, 15) is 4.79 Å². The molecule has 0 aliphatic carbocycles. The average molecular weight is 308 g/mol. The van der Waals surface area contributed by atoms with Crippen LogP contribution in [0, 0.1) is 6.92 Å². The molecule has 2 heterocycles. The molecular weight excluding hydrogens is 292 g/mol. The molecule has 3 rings (SSSR count). The van der Waals surface area contributed by atoms with Crippen molar-refractivity contribution in [3.05, 3.63) is 65.8 Å². The van der Waals surface area contributed by atoms with Gasteiger partial charge >= 0.3 is 0 Å². The summed E-state index contributed by atoms with van der Waals surface area (Å²) >= 11 is 0. The van der Waals surface area contributed by atoms with Gasteiger partial charge in [0.2, 0.25) is 17.7 Å². The molecule has 23 heavy (non-hydrogen) atoms. The fourth-order valence-corrected chi connectivity index (χ4v) is 2.05. The zero-order valence-electron chi connectivity index (χ0n) is 12.7. The van der Waals surface area contributed by atoms with Crippen molar-refractivity contribution in [3.63, 3.8) is 0 Å². The molecule has 0 atom stereocenters. The number of hydrogen-bond acceptors (Lipinski definition) is 5. The Labute approximate surface area is 133 Å². The number of hydrogen-bond donors (Lipinski definition) is 1. The van der Waals surface area contributed by atoms with Crippen LogP contribution in [-0.4, -0.2) is 21.1 Å². The van der Waals surface area contributed by atoms with E-state index < -0.39 is 0 Å². The van der Waals surface area contributed by atoms with E-state index >= 15 is 0 Å². The van der Waals surface area contributed by atoms with Crippen molar-refractivity contribution in [2.45, 2.75) is 19.9 Å². The number of nitrogens with zero attached hydrogens (tertiary/aromatic N) is 3. The number of benzene rings is 1. The van der Waals surface area contributed by atoms with Crippen molar-refractivity contribution >= 4 is 5.91 Å². The van der Waals surface area contributed by atoms with Crippen LogP contribution in [-0.2, 0) is 17.8 Å². The van der Waals surface area contributed by atoms with E-state index in [-0.39, 0.29) is 12.5 Å². The second kappa shape index (κ2) is 6.83. The van der Waals surface area contributed by atoms with Crippen LogP contribution in [0.25, 0.3) is 11.5 Å². The summed E-state index contributed by atoms with van der Waals surface area (Å²) in [4.78, 5) is 16.1. The van der Waals surface area contributed by atoms with Crippen molar-refractivity contribution in [3.8, 4) is 11.5 Å². The maximum absolute atomic E-state index is 11.9. The van der Waals surface area contributed by atoms with Crippen LogP contribution < -0.4 is 5.32 Å². The molecule has 116 valence electrons. The lowest BCUT2D eigenvalue weighted by Crippen LogP contribution is -2.24. The highest BCUT2D eigenvalue weighted by atomic mass is 16.4. The van der Waals surface area contributed by atoms with Crippen LogP contribution in [0.1, 0.15) is 17.1 Å². The molecule has 0 saturated carbocycles. The third-order valence-corrected chi connectivity index (χ3v) is 3.27. The van der Waals surface area contributed by atoms with Crippen LogP contribution in [0.5, 0.6) is 0 Å². The molecule has 0 bridgehead atoms. The topological polar surface area (TPSA) is 80.9 Å². The lowest BCUT2D eigenvalue weighted by atomic mass is 10.1. The lowest BCUT2D eigenvalue weighted by Gasteiger charge is -2.02. The van der Waals surface area contributed by atoms with Crippen LogP contribution in [0.4, 0.5) is 0 Å². The molecule has 6 nitrogen and oxygen atoms in total. The molecule has 1 amide bonds. The third-order valence-electron chi connectivity index (χ3n) is 3.27. The Kier molecular flexibility index (Phi) is 4.42. The number of nitrogens with one attached hydrogen (secondary N) is 1. The Bertz CT molecular complexity index is 782. The van der Waals surface area contributed by atoms with Gasteiger partial charge in [-0.2, -0.15) is 0 Å². The summed E-state index contributed by atoms with van der Waals surface area (Å²) in [6.45, 7) is 2.11. The molecule has 0 saturated heterocycles. The molecule has 6 heteroatoms. The molecule has 1 N–H and O–H groups in total. The number of pyridine rings is 1. The van der Waals surface area contributed by atoms with Gasteiger partial charge in [-0.05, 0) is 24.6 Å². The van der Waals surface area contributed by atoms with Crippen molar-refractivity contribution < 1.29 is 9.21 Å².